The van der Waals surface area contributed by atoms with Gasteiger partial charge in [0.05, 0.1) is 0 Å². The van der Waals surface area contributed by atoms with Crippen molar-refractivity contribution in [1.82, 2.24) is 15.1 Å². The van der Waals surface area contributed by atoms with Gasteiger partial charge in [0.15, 0.2) is 0 Å². The number of rotatable bonds is 6. The molecule has 3 nitrogen and oxygen atoms in total. The van der Waals surface area contributed by atoms with Gasteiger partial charge in [-0.2, -0.15) is 0 Å². The SMILES string of the molecule is C=CCCCNCC1CN(C)CCN1C. The van der Waals surface area contributed by atoms with Gasteiger partial charge in [-0.15, -0.1) is 6.58 Å². The van der Waals surface area contributed by atoms with Crippen molar-refractivity contribution in [3.63, 3.8) is 0 Å². The Kier molecular flexibility index (Phi) is 5.91. The largest absolute Gasteiger partial charge is 0.315 e. The molecule has 0 bridgehead atoms. The molecule has 0 amide bonds. The van der Waals surface area contributed by atoms with E-state index in [9.17, 15) is 0 Å². The number of piperazine rings is 1. The van der Waals surface area contributed by atoms with Crippen LogP contribution in [0.5, 0.6) is 0 Å². The molecule has 0 aromatic rings. The Bertz CT molecular complexity index is 182. The van der Waals surface area contributed by atoms with Crippen molar-refractivity contribution in [1.29, 1.82) is 0 Å². The van der Waals surface area contributed by atoms with Crippen molar-refractivity contribution in [2.45, 2.75) is 18.9 Å². The van der Waals surface area contributed by atoms with Gasteiger partial charge in [0.25, 0.3) is 0 Å². The molecule has 1 N–H and O–H groups in total. The van der Waals surface area contributed by atoms with E-state index in [1.165, 1.54) is 26.1 Å². The summed E-state index contributed by atoms with van der Waals surface area (Å²) in [6.45, 7) is 9.52. The third-order valence-corrected chi connectivity index (χ3v) is 3.12. The molecule has 1 saturated heterocycles. The Labute approximate surface area is 94.1 Å². The third kappa shape index (κ3) is 4.78. The summed E-state index contributed by atoms with van der Waals surface area (Å²) in [7, 11) is 4.43. The fourth-order valence-corrected chi connectivity index (χ4v) is 1.96. The average Bonchev–Trinajstić information content (AvgIpc) is 2.23. The van der Waals surface area contributed by atoms with E-state index in [4.69, 9.17) is 0 Å². The van der Waals surface area contributed by atoms with Crippen molar-refractivity contribution in [2.24, 2.45) is 0 Å². The molecule has 1 rings (SSSR count). The predicted octanol–water partition coefficient (Wildman–Crippen LogP) is 0.788. The van der Waals surface area contributed by atoms with Gasteiger partial charge in [-0.1, -0.05) is 6.08 Å². The zero-order valence-electron chi connectivity index (χ0n) is 10.2. The van der Waals surface area contributed by atoms with E-state index in [0.29, 0.717) is 6.04 Å². The summed E-state index contributed by atoms with van der Waals surface area (Å²) in [5.74, 6) is 0. The first-order chi connectivity index (χ1) is 7.24. The quantitative estimate of drug-likeness (QED) is 0.517. The van der Waals surface area contributed by atoms with Crippen LogP contribution in [0.2, 0.25) is 0 Å². The zero-order chi connectivity index (χ0) is 11.1. The maximum absolute atomic E-state index is 3.73. The normalized spacial score (nSPS) is 24.3. The first-order valence-electron chi connectivity index (χ1n) is 5.94. The highest BCUT2D eigenvalue weighted by molar-refractivity contribution is 4.80. The minimum absolute atomic E-state index is 0.674. The lowest BCUT2D eigenvalue weighted by Crippen LogP contribution is -2.53. The van der Waals surface area contributed by atoms with Crippen LogP contribution in [0.1, 0.15) is 12.8 Å². The Morgan fingerprint density at radius 2 is 2.20 bits per heavy atom. The van der Waals surface area contributed by atoms with Crippen molar-refractivity contribution in [3.05, 3.63) is 12.7 Å². The number of nitrogens with zero attached hydrogens (tertiary/aromatic N) is 2. The van der Waals surface area contributed by atoms with Gasteiger partial charge < -0.3 is 10.2 Å². The lowest BCUT2D eigenvalue weighted by Gasteiger charge is -2.37. The van der Waals surface area contributed by atoms with Crippen LogP contribution in [0.3, 0.4) is 0 Å². The van der Waals surface area contributed by atoms with Crippen LogP contribution >= 0.6 is 0 Å². The minimum atomic E-state index is 0.674. The van der Waals surface area contributed by atoms with Crippen molar-refractivity contribution in [3.8, 4) is 0 Å². The molecule has 0 aromatic carbocycles. The Morgan fingerprint density at radius 1 is 1.40 bits per heavy atom. The summed E-state index contributed by atoms with van der Waals surface area (Å²) < 4.78 is 0. The molecule has 0 radical (unpaired) electrons. The van der Waals surface area contributed by atoms with Gasteiger partial charge in [-0.3, -0.25) is 4.90 Å². The van der Waals surface area contributed by atoms with Crippen LogP contribution < -0.4 is 5.32 Å². The summed E-state index contributed by atoms with van der Waals surface area (Å²) in [5.41, 5.74) is 0. The highest BCUT2D eigenvalue weighted by atomic mass is 15.3. The summed E-state index contributed by atoms with van der Waals surface area (Å²) >= 11 is 0. The first kappa shape index (κ1) is 12.7. The fourth-order valence-electron chi connectivity index (χ4n) is 1.96. The second kappa shape index (κ2) is 6.99. The lowest BCUT2D eigenvalue weighted by molar-refractivity contribution is 0.113. The number of nitrogens with one attached hydrogen (secondary N) is 1. The topological polar surface area (TPSA) is 18.5 Å². The van der Waals surface area contributed by atoms with E-state index < -0.39 is 0 Å². The van der Waals surface area contributed by atoms with E-state index in [1.54, 1.807) is 0 Å². The summed E-state index contributed by atoms with van der Waals surface area (Å²) in [6, 6.07) is 0.674. The minimum Gasteiger partial charge on any atom is -0.315 e. The standard InChI is InChI=1S/C12H25N3/c1-4-5-6-7-13-10-12-11-14(2)8-9-15(12)3/h4,12-13H,1,5-11H2,2-3H3. The van der Waals surface area contributed by atoms with E-state index >= 15 is 0 Å². The zero-order valence-corrected chi connectivity index (χ0v) is 10.2. The third-order valence-electron chi connectivity index (χ3n) is 3.12. The van der Waals surface area contributed by atoms with Crippen molar-refractivity contribution < 1.29 is 0 Å². The van der Waals surface area contributed by atoms with Crippen LogP contribution in [0, 0.1) is 0 Å². The molecule has 3 heteroatoms. The van der Waals surface area contributed by atoms with Crippen LogP contribution in [-0.4, -0.2) is 62.7 Å². The molecule has 0 spiro atoms. The lowest BCUT2D eigenvalue weighted by atomic mass is 10.2. The molecule has 15 heavy (non-hydrogen) atoms. The molecule has 0 aliphatic carbocycles. The number of allylic oxidation sites excluding steroid dienone is 1. The van der Waals surface area contributed by atoms with Gasteiger partial charge in [0.2, 0.25) is 0 Å². The Balaban J connectivity index is 2.10. The average molecular weight is 211 g/mol. The summed E-state index contributed by atoms with van der Waals surface area (Å²) in [6.07, 6.45) is 4.31. The second-order valence-electron chi connectivity index (χ2n) is 4.53. The maximum Gasteiger partial charge on any atom is 0.0345 e. The molecule has 1 aliphatic heterocycles. The Morgan fingerprint density at radius 3 is 2.93 bits per heavy atom. The molecule has 1 unspecified atom stereocenters. The van der Waals surface area contributed by atoms with Crippen LogP contribution in [0.4, 0.5) is 0 Å². The van der Waals surface area contributed by atoms with Gasteiger partial charge in [0.1, 0.15) is 0 Å². The van der Waals surface area contributed by atoms with E-state index in [2.05, 4.69) is 35.8 Å². The number of likely N-dealkylation sites (N-methyl/N-ethyl adjacent to an activating group) is 2. The highest BCUT2D eigenvalue weighted by Crippen LogP contribution is 2.04. The summed E-state index contributed by atoms with van der Waals surface area (Å²) in [5, 5.41) is 3.52. The Hall–Kier alpha value is -0.380. The van der Waals surface area contributed by atoms with E-state index in [0.717, 1.165) is 19.5 Å². The fraction of sp³-hybridized carbons (Fsp3) is 0.833. The van der Waals surface area contributed by atoms with E-state index in [1.807, 2.05) is 6.08 Å². The molecule has 88 valence electrons. The first-order valence-corrected chi connectivity index (χ1v) is 5.94. The maximum atomic E-state index is 3.73. The van der Waals surface area contributed by atoms with Crippen LogP contribution in [0.25, 0.3) is 0 Å². The van der Waals surface area contributed by atoms with Gasteiger partial charge in [-0.25, -0.2) is 0 Å². The molecule has 0 aromatic heterocycles. The van der Waals surface area contributed by atoms with Crippen molar-refractivity contribution in [2.75, 3.05) is 46.8 Å². The second-order valence-corrected chi connectivity index (χ2v) is 4.53. The predicted molar refractivity (Wildman–Crippen MR) is 66.2 cm³/mol. The molecule has 1 fully saturated rings. The smallest absolute Gasteiger partial charge is 0.0345 e. The van der Waals surface area contributed by atoms with Crippen molar-refractivity contribution >= 4 is 0 Å². The molecule has 0 saturated carbocycles. The molecule has 1 aliphatic rings. The van der Waals surface area contributed by atoms with Gasteiger partial charge in [-0.05, 0) is 33.5 Å². The number of unbranched alkanes of at least 4 members (excludes halogenated alkanes) is 1. The molecular formula is C12H25N3. The van der Waals surface area contributed by atoms with Gasteiger partial charge in [0, 0.05) is 32.2 Å². The van der Waals surface area contributed by atoms with Crippen LogP contribution in [-0.2, 0) is 0 Å². The summed E-state index contributed by atoms with van der Waals surface area (Å²) in [4.78, 5) is 4.87. The van der Waals surface area contributed by atoms with Gasteiger partial charge >= 0.3 is 0 Å². The monoisotopic (exact) mass is 211 g/mol. The molecular weight excluding hydrogens is 186 g/mol. The highest BCUT2D eigenvalue weighted by Gasteiger charge is 2.21. The number of hydrogen-bond acceptors (Lipinski definition) is 3. The molecule has 1 heterocycles. The van der Waals surface area contributed by atoms with E-state index in [-0.39, 0.29) is 0 Å². The number of hydrogen-bond donors (Lipinski definition) is 1. The van der Waals surface area contributed by atoms with Crippen LogP contribution in [0.15, 0.2) is 12.7 Å². The molecule has 1 atom stereocenters.